The number of amides is 1. The summed E-state index contributed by atoms with van der Waals surface area (Å²) >= 11 is 0. The van der Waals surface area contributed by atoms with E-state index in [1.807, 2.05) is 22.9 Å². The van der Waals surface area contributed by atoms with Crippen LogP contribution in [0.25, 0.3) is 11.0 Å². The quantitative estimate of drug-likeness (QED) is 0.697. The molecule has 0 saturated carbocycles. The van der Waals surface area contributed by atoms with Crippen molar-refractivity contribution in [3.05, 3.63) is 59.7 Å². The first-order valence-electron chi connectivity index (χ1n) is 10.1. The first kappa shape index (κ1) is 19.5. The van der Waals surface area contributed by atoms with Crippen molar-refractivity contribution in [1.29, 1.82) is 0 Å². The number of aromatic nitrogens is 3. The van der Waals surface area contributed by atoms with Gasteiger partial charge in [-0.05, 0) is 37.6 Å². The van der Waals surface area contributed by atoms with Gasteiger partial charge < -0.3 is 5.32 Å². The summed E-state index contributed by atoms with van der Waals surface area (Å²) in [5.41, 5.74) is 2.63. The second-order valence-electron chi connectivity index (χ2n) is 7.63. The summed E-state index contributed by atoms with van der Waals surface area (Å²) in [5.74, 6) is 0.0847. The van der Waals surface area contributed by atoms with Crippen molar-refractivity contribution in [2.75, 3.05) is 19.6 Å². The van der Waals surface area contributed by atoms with Gasteiger partial charge in [0.05, 0.1) is 12.2 Å². The van der Waals surface area contributed by atoms with Gasteiger partial charge in [-0.3, -0.25) is 9.69 Å². The van der Waals surface area contributed by atoms with Gasteiger partial charge in [0.2, 0.25) is 5.91 Å². The molecular weight excluding hydrogens is 369 g/mol. The summed E-state index contributed by atoms with van der Waals surface area (Å²) < 4.78 is 16.0. The van der Waals surface area contributed by atoms with E-state index in [2.05, 4.69) is 21.3 Å². The number of pyridine rings is 1. The van der Waals surface area contributed by atoms with Crippen LogP contribution in [0, 0.1) is 5.82 Å². The molecule has 29 heavy (non-hydrogen) atoms. The Hall–Kier alpha value is -2.80. The third kappa shape index (κ3) is 4.45. The normalized spacial score (nSPS) is 17.5. The molecule has 0 bridgehead atoms. The predicted molar refractivity (Wildman–Crippen MR) is 110 cm³/mol. The molecule has 0 radical (unpaired) electrons. The molecule has 1 amide bonds. The lowest BCUT2D eigenvalue weighted by Gasteiger charge is -2.32. The highest BCUT2D eigenvalue weighted by molar-refractivity contribution is 5.79. The number of halogens is 1. The molecule has 152 valence electrons. The van der Waals surface area contributed by atoms with E-state index in [0.29, 0.717) is 19.6 Å². The standard InChI is InChI=1S/C22H26FN5O/c1-16(29)24-11-13-28-22-19(8-4-10-25-22)21(26-28)18-7-5-12-27(15-18)14-17-6-2-3-9-20(17)23/h2-4,6,8-10,18H,5,7,11-15H2,1H3,(H,24,29). The van der Waals surface area contributed by atoms with Gasteiger partial charge in [-0.25, -0.2) is 14.1 Å². The number of carbonyl (C=O) groups is 1. The maximum Gasteiger partial charge on any atom is 0.216 e. The van der Waals surface area contributed by atoms with Crippen LogP contribution < -0.4 is 5.32 Å². The van der Waals surface area contributed by atoms with E-state index in [1.165, 1.54) is 13.0 Å². The Bertz CT molecular complexity index is 1000. The molecule has 1 aliphatic rings. The van der Waals surface area contributed by atoms with E-state index >= 15 is 0 Å². The minimum absolute atomic E-state index is 0.0503. The van der Waals surface area contributed by atoms with Crippen molar-refractivity contribution in [3.63, 3.8) is 0 Å². The summed E-state index contributed by atoms with van der Waals surface area (Å²) in [6.45, 7) is 5.04. The predicted octanol–water partition coefficient (Wildman–Crippen LogP) is 3.09. The zero-order valence-corrected chi connectivity index (χ0v) is 16.6. The van der Waals surface area contributed by atoms with Crippen molar-refractivity contribution >= 4 is 16.9 Å². The molecule has 6 nitrogen and oxygen atoms in total. The SMILES string of the molecule is CC(=O)NCCn1nc(C2CCCN(Cc3ccccc3F)C2)c2cccnc21. The van der Waals surface area contributed by atoms with Gasteiger partial charge in [-0.1, -0.05) is 18.2 Å². The molecule has 2 aromatic heterocycles. The van der Waals surface area contributed by atoms with Crippen LogP contribution in [0.1, 0.15) is 36.9 Å². The second kappa shape index (κ2) is 8.69. The maximum absolute atomic E-state index is 14.1. The summed E-state index contributed by atoms with van der Waals surface area (Å²) in [6.07, 6.45) is 3.88. The molecule has 0 aliphatic carbocycles. The summed E-state index contributed by atoms with van der Waals surface area (Å²) in [4.78, 5) is 18.0. The first-order valence-corrected chi connectivity index (χ1v) is 10.1. The molecule has 1 aliphatic heterocycles. The Morgan fingerprint density at radius 2 is 2.14 bits per heavy atom. The van der Waals surface area contributed by atoms with Crippen LogP contribution in [-0.4, -0.2) is 45.2 Å². The number of nitrogens with one attached hydrogen (secondary N) is 1. The fourth-order valence-electron chi connectivity index (χ4n) is 4.12. The van der Waals surface area contributed by atoms with Gasteiger partial charge in [0, 0.05) is 49.6 Å². The monoisotopic (exact) mass is 395 g/mol. The van der Waals surface area contributed by atoms with E-state index in [1.54, 1.807) is 12.3 Å². The number of likely N-dealkylation sites (tertiary alicyclic amines) is 1. The Labute approximate surface area is 169 Å². The smallest absolute Gasteiger partial charge is 0.216 e. The number of nitrogens with zero attached hydrogens (tertiary/aromatic N) is 4. The molecule has 1 N–H and O–H groups in total. The molecule has 1 atom stereocenters. The van der Waals surface area contributed by atoms with E-state index in [4.69, 9.17) is 5.10 Å². The molecule has 1 unspecified atom stereocenters. The lowest BCUT2D eigenvalue weighted by molar-refractivity contribution is -0.118. The Kier molecular flexibility index (Phi) is 5.85. The topological polar surface area (TPSA) is 63.1 Å². The van der Waals surface area contributed by atoms with E-state index in [9.17, 15) is 9.18 Å². The minimum Gasteiger partial charge on any atom is -0.354 e. The van der Waals surface area contributed by atoms with Crippen LogP contribution in [0.4, 0.5) is 4.39 Å². The molecular formula is C22H26FN5O. The highest BCUT2D eigenvalue weighted by Crippen LogP contribution is 2.31. The average Bonchev–Trinajstić information content (AvgIpc) is 3.09. The molecule has 7 heteroatoms. The summed E-state index contributed by atoms with van der Waals surface area (Å²) in [6, 6.07) is 11.0. The Morgan fingerprint density at radius 3 is 2.97 bits per heavy atom. The number of hydrogen-bond donors (Lipinski definition) is 1. The molecule has 4 rings (SSSR count). The van der Waals surface area contributed by atoms with E-state index < -0.39 is 0 Å². The Balaban J connectivity index is 1.54. The van der Waals surface area contributed by atoms with Gasteiger partial charge in [0.1, 0.15) is 5.82 Å². The maximum atomic E-state index is 14.1. The van der Waals surface area contributed by atoms with Crippen LogP contribution >= 0.6 is 0 Å². The van der Waals surface area contributed by atoms with Gasteiger partial charge in [-0.2, -0.15) is 5.10 Å². The number of hydrogen-bond acceptors (Lipinski definition) is 4. The zero-order valence-electron chi connectivity index (χ0n) is 16.6. The fourth-order valence-corrected chi connectivity index (χ4v) is 4.12. The molecule has 3 aromatic rings. The lowest BCUT2D eigenvalue weighted by Crippen LogP contribution is -2.34. The second-order valence-corrected chi connectivity index (χ2v) is 7.63. The first-order chi connectivity index (χ1) is 14.1. The highest BCUT2D eigenvalue weighted by atomic mass is 19.1. The van der Waals surface area contributed by atoms with Crippen molar-refractivity contribution in [2.24, 2.45) is 0 Å². The number of piperidine rings is 1. The highest BCUT2D eigenvalue weighted by Gasteiger charge is 2.26. The fraction of sp³-hybridized carbons (Fsp3) is 0.409. The number of carbonyl (C=O) groups excluding carboxylic acids is 1. The molecule has 3 heterocycles. The number of benzene rings is 1. The molecule has 0 spiro atoms. The third-order valence-electron chi connectivity index (χ3n) is 5.48. The lowest BCUT2D eigenvalue weighted by atomic mass is 9.93. The van der Waals surface area contributed by atoms with Gasteiger partial charge in [-0.15, -0.1) is 0 Å². The van der Waals surface area contributed by atoms with E-state index in [-0.39, 0.29) is 17.6 Å². The van der Waals surface area contributed by atoms with Crippen molar-refractivity contribution in [1.82, 2.24) is 25.0 Å². The zero-order chi connectivity index (χ0) is 20.2. The van der Waals surface area contributed by atoms with Crippen molar-refractivity contribution in [3.8, 4) is 0 Å². The van der Waals surface area contributed by atoms with Gasteiger partial charge in [0.25, 0.3) is 0 Å². The molecule has 1 fully saturated rings. The van der Waals surface area contributed by atoms with Gasteiger partial charge >= 0.3 is 0 Å². The number of rotatable bonds is 6. The summed E-state index contributed by atoms with van der Waals surface area (Å²) in [7, 11) is 0. The van der Waals surface area contributed by atoms with Crippen molar-refractivity contribution in [2.45, 2.75) is 38.8 Å². The summed E-state index contributed by atoms with van der Waals surface area (Å²) in [5, 5.41) is 8.75. The third-order valence-corrected chi connectivity index (χ3v) is 5.48. The van der Waals surface area contributed by atoms with Crippen LogP contribution in [0.15, 0.2) is 42.6 Å². The van der Waals surface area contributed by atoms with Crippen LogP contribution in [0.2, 0.25) is 0 Å². The number of fused-ring (bicyclic) bond motifs is 1. The largest absolute Gasteiger partial charge is 0.354 e. The molecule has 1 saturated heterocycles. The average molecular weight is 395 g/mol. The van der Waals surface area contributed by atoms with Crippen LogP contribution in [0.5, 0.6) is 0 Å². The van der Waals surface area contributed by atoms with Gasteiger partial charge in [0.15, 0.2) is 5.65 Å². The Morgan fingerprint density at radius 1 is 1.28 bits per heavy atom. The minimum atomic E-state index is -0.147. The van der Waals surface area contributed by atoms with E-state index in [0.717, 1.165) is 48.2 Å². The van der Waals surface area contributed by atoms with Crippen molar-refractivity contribution < 1.29 is 9.18 Å². The van der Waals surface area contributed by atoms with Crippen LogP contribution in [0.3, 0.4) is 0 Å². The van der Waals surface area contributed by atoms with Crippen LogP contribution in [-0.2, 0) is 17.9 Å². The molecule has 1 aromatic carbocycles.